The van der Waals surface area contributed by atoms with Gasteiger partial charge in [-0.3, -0.25) is 19.7 Å². The van der Waals surface area contributed by atoms with Gasteiger partial charge in [-0.2, -0.15) is 18.3 Å². The van der Waals surface area contributed by atoms with E-state index in [1.807, 2.05) is 0 Å². The molecule has 154 valence electrons. The number of nitrogens with zero attached hydrogens (tertiary/aromatic N) is 4. The van der Waals surface area contributed by atoms with Crippen LogP contribution in [-0.2, 0) is 31.1 Å². The molecule has 7 nitrogen and oxygen atoms in total. The van der Waals surface area contributed by atoms with Gasteiger partial charge < -0.3 is 0 Å². The van der Waals surface area contributed by atoms with Crippen LogP contribution in [0.2, 0.25) is 0 Å². The number of amides is 1. The van der Waals surface area contributed by atoms with Crippen molar-refractivity contribution in [2.24, 2.45) is 7.05 Å². The number of carbonyl (C=O) groups is 1. The average Bonchev–Trinajstić information content (AvgIpc) is 2.94. The number of nitrogens with one attached hydrogen (secondary N) is 1. The molecule has 2 heterocycles. The zero-order chi connectivity index (χ0) is 21.3. The SMILES string of the molecule is CCc1nc2c(CC(F)(F)F)n(C)nc2c(=O)n1NC(=O)Cc1ccc(F)cc1. The van der Waals surface area contributed by atoms with Gasteiger partial charge in [0, 0.05) is 13.5 Å². The van der Waals surface area contributed by atoms with Crippen molar-refractivity contribution in [3.8, 4) is 0 Å². The van der Waals surface area contributed by atoms with E-state index >= 15 is 0 Å². The molecule has 0 bridgehead atoms. The zero-order valence-electron chi connectivity index (χ0n) is 15.5. The Morgan fingerprint density at radius 1 is 1.17 bits per heavy atom. The standard InChI is InChI=1S/C18H17F4N5O2/c1-3-13-23-15-12(9-18(20,21)22)26(2)25-16(15)17(29)27(13)24-14(28)8-10-4-6-11(19)7-5-10/h4-7H,3,8-9H2,1-2H3,(H,24,28). The number of rotatable bonds is 5. The van der Waals surface area contributed by atoms with Crippen molar-refractivity contribution >= 4 is 16.9 Å². The maximum absolute atomic E-state index is 13.0. The molecular weight excluding hydrogens is 394 g/mol. The van der Waals surface area contributed by atoms with Crippen molar-refractivity contribution < 1.29 is 22.4 Å². The summed E-state index contributed by atoms with van der Waals surface area (Å²) in [4.78, 5) is 29.2. The molecule has 0 unspecified atom stereocenters. The number of halogens is 4. The normalized spacial score (nSPS) is 11.8. The third kappa shape index (κ3) is 4.44. The van der Waals surface area contributed by atoms with Crippen LogP contribution in [0, 0.1) is 5.82 Å². The Kier molecular flexibility index (Phi) is 5.40. The van der Waals surface area contributed by atoms with Gasteiger partial charge >= 0.3 is 11.7 Å². The first-order valence-corrected chi connectivity index (χ1v) is 8.67. The lowest BCUT2D eigenvalue weighted by molar-refractivity contribution is -0.128. The lowest BCUT2D eigenvalue weighted by Crippen LogP contribution is -2.37. The summed E-state index contributed by atoms with van der Waals surface area (Å²) in [5.41, 5.74) is 1.50. The van der Waals surface area contributed by atoms with E-state index in [9.17, 15) is 27.2 Å². The molecule has 3 aromatic rings. The first-order valence-electron chi connectivity index (χ1n) is 8.67. The molecule has 29 heavy (non-hydrogen) atoms. The summed E-state index contributed by atoms with van der Waals surface area (Å²) >= 11 is 0. The molecule has 0 fully saturated rings. The van der Waals surface area contributed by atoms with E-state index in [1.54, 1.807) is 6.92 Å². The third-order valence-electron chi connectivity index (χ3n) is 4.24. The van der Waals surface area contributed by atoms with E-state index < -0.39 is 29.9 Å². The molecular formula is C18H17F4N5O2. The van der Waals surface area contributed by atoms with Gasteiger partial charge in [-0.1, -0.05) is 19.1 Å². The van der Waals surface area contributed by atoms with E-state index in [1.165, 1.54) is 31.3 Å². The van der Waals surface area contributed by atoms with Crippen LogP contribution in [0.1, 0.15) is 24.0 Å². The van der Waals surface area contributed by atoms with Gasteiger partial charge in [-0.25, -0.2) is 14.1 Å². The monoisotopic (exact) mass is 411 g/mol. The van der Waals surface area contributed by atoms with Crippen molar-refractivity contribution in [1.82, 2.24) is 19.4 Å². The Morgan fingerprint density at radius 3 is 2.41 bits per heavy atom. The summed E-state index contributed by atoms with van der Waals surface area (Å²) in [6.07, 6.45) is -5.72. The predicted octanol–water partition coefficient (Wildman–Crippen LogP) is 2.25. The summed E-state index contributed by atoms with van der Waals surface area (Å²) in [6, 6.07) is 5.27. The van der Waals surface area contributed by atoms with Crippen LogP contribution < -0.4 is 11.0 Å². The van der Waals surface area contributed by atoms with E-state index in [0.29, 0.717) is 5.56 Å². The smallest absolute Gasteiger partial charge is 0.273 e. The summed E-state index contributed by atoms with van der Waals surface area (Å²) in [5, 5.41) is 3.86. The van der Waals surface area contributed by atoms with Crippen molar-refractivity contribution in [3.63, 3.8) is 0 Å². The van der Waals surface area contributed by atoms with E-state index in [2.05, 4.69) is 15.5 Å². The molecule has 0 aliphatic carbocycles. The number of carbonyl (C=O) groups excluding carboxylic acids is 1. The Labute approximate surface area is 161 Å². The van der Waals surface area contributed by atoms with E-state index in [-0.39, 0.29) is 35.4 Å². The summed E-state index contributed by atoms with van der Waals surface area (Å²) in [7, 11) is 1.30. The van der Waals surface area contributed by atoms with Gasteiger partial charge in [0.1, 0.15) is 17.2 Å². The number of hydrogen-bond donors (Lipinski definition) is 1. The molecule has 1 aromatic carbocycles. The highest BCUT2D eigenvalue weighted by molar-refractivity contribution is 5.86. The molecule has 0 atom stereocenters. The maximum atomic E-state index is 13.0. The number of hydrogen-bond acceptors (Lipinski definition) is 4. The van der Waals surface area contributed by atoms with Crippen LogP contribution in [0.25, 0.3) is 11.0 Å². The molecule has 0 saturated heterocycles. The fourth-order valence-electron chi connectivity index (χ4n) is 2.90. The van der Waals surface area contributed by atoms with Gasteiger partial charge in [0.05, 0.1) is 18.5 Å². The minimum Gasteiger partial charge on any atom is -0.273 e. The topological polar surface area (TPSA) is 81.8 Å². The molecule has 0 spiro atoms. The summed E-state index contributed by atoms with van der Waals surface area (Å²) in [6.45, 7) is 1.65. The second-order valence-corrected chi connectivity index (χ2v) is 6.42. The molecule has 1 amide bonds. The lowest BCUT2D eigenvalue weighted by atomic mass is 10.1. The molecule has 0 radical (unpaired) electrons. The third-order valence-corrected chi connectivity index (χ3v) is 4.24. The van der Waals surface area contributed by atoms with Crippen LogP contribution in [0.5, 0.6) is 0 Å². The Balaban J connectivity index is 1.97. The van der Waals surface area contributed by atoms with Crippen LogP contribution in [-0.4, -0.2) is 31.5 Å². The molecule has 0 aliphatic rings. The number of fused-ring (bicyclic) bond motifs is 1. The van der Waals surface area contributed by atoms with E-state index in [0.717, 1.165) is 9.36 Å². The number of alkyl halides is 3. The van der Waals surface area contributed by atoms with E-state index in [4.69, 9.17) is 0 Å². The number of aryl methyl sites for hydroxylation is 2. The fourth-order valence-corrected chi connectivity index (χ4v) is 2.90. The first-order chi connectivity index (χ1) is 13.6. The minimum absolute atomic E-state index is 0.0892. The highest BCUT2D eigenvalue weighted by atomic mass is 19.4. The first kappa shape index (κ1) is 20.5. The van der Waals surface area contributed by atoms with Gasteiger partial charge in [0.2, 0.25) is 5.91 Å². The fraction of sp³-hybridized carbons (Fsp3) is 0.333. The summed E-state index contributed by atoms with van der Waals surface area (Å²) in [5.74, 6) is -0.925. The molecule has 0 saturated carbocycles. The van der Waals surface area contributed by atoms with Crippen molar-refractivity contribution in [3.05, 3.63) is 57.5 Å². The van der Waals surface area contributed by atoms with Crippen molar-refractivity contribution in [2.75, 3.05) is 5.43 Å². The summed E-state index contributed by atoms with van der Waals surface area (Å²) < 4.78 is 53.4. The highest BCUT2D eigenvalue weighted by Gasteiger charge is 2.32. The van der Waals surface area contributed by atoms with Crippen LogP contribution in [0.4, 0.5) is 17.6 Å². The van der Waals surface area contributed by atoms with Crippen molar-refractivity contribution in [2.45, 2.75) is 32.4 Å². The molecule has 3 rings (SSSR count). The van der Waals surface area contributed by atoms with Gasteiger partial charge in [0.25, 0.3) is 0 Å². The van der Waals surface area contributed by atoms with Crippen LogP contribution in [0.3, 0.4) is 0 Å². The zero-order valence-corrected chi connectivity index (χ0v) is 15.5. The van der Waals surface area contributed by atoms with Gasteiger partial charge in [0.15, 0.2) is 5.52 Å². The quantitative estimate of drug-likeness (QED) is 0.653. The highest BCUT2D eigenvalue weighted by Crippen LogP contribution is 2.24. The van der Waals surface area contributed by atoms with Gasteiger partial charge in [-0.15, -0.1) is 0 Å². The second kappa shape index (κ2) is 7.64. The Morgan fingerprint density at radius 2 is 1.83 bits per heavy atom. The average molecular weight is 411 g/mol. The minimum atomic E-state index is -4.49. The molecule has 11 heteroatoms. The Hall–Kier alpha value is -3.24. The predicted molar refractivity (Wildman–Crippen MR) is 96.4 cm³/mol. The molecule has 1 N–H and O–H groups in total. The molecule has 0 aliphatic heterocycles. The number of aromatic nitrogens is 4. The van der Waals surface area contributed by atoms with Crippen LogP contribution >= 0.6 is 0 Å². The Bertz CT molecular complexity index is 1120. The van der Waals surface area contributed by atoms with Crippen LogP contribution in [0.15, 0.2) is 29.1 Å². The van der Waals surface area contributed by atoms with Gasteiger partial charge in [-0.05, 0) is 17.7 Å². The second-order valence-electron chi connectivity index (χ2n) is 6.42. The molecule has 2 aromatic heterocycles. The lowest BCUT2D eigenvalue weighted by Gasteiger charge is -2.12. The van der Waals surface area contributed by atoms with Crippen molar-refractivity contribution in [1.29, 1.82) is 0 Å². The maximum Gasteiger partial charge on any atom is 0.394 e. The number of benzene rings is 1. The largest absolute Gasteiger partial charge is 0.394 e.